The first kappa shape index (κ1) is 12.8. The molecule has 2 rings (SSSR count). The maximum atomic E-state index is 4.17. The Morgan fingerprint density at radius 2 is 1.89 bits per heavy atom. The number of aromatic nitrogens is 1. The molecule has 0 aliphatic carbocycles. The lowest BCUT2D eigenvalue weighted by molar-refractivity contribution is 0.591. The maximum Gasteiger partial charge on any atom is 0.0358 e. The molecule has 0 amide bonds. The summed E-state index contributed by atoms with van der Waals surface area (Å²) in [5, 5.41) is 3.38. The van der Waals surface area contributed by atoms with E-state index >= 15 is 0 Å². The predicted molar refractivity (Wildman–Crippen MR) is 75.6 cm³/mol. The van der Waals surface area contributed by atoms with E-state index in [-0.39, 0.29) is 0 Å². The standard InChI is InChI=1S/C16H20N2/c1-3-13-6-8-15(9-7-13)16(17-2)11-14-5-4-10-18-12-14/h4-10,12,16-17H,3,11H2,1-2H3. The highest BCUT2D eigenvalue weighted by atomic mass is 14.9. The largest absolute Gasteiger partial charge is 0.313 e. The van der Waals surface area contributed by atoms with E-state index in [0.717, 1.165) is 12.8 Å². The molecule has 2 heteroatoms. The van der Waals surface area contributed by atoms with E-state index in [9.17, 15) is 0 Å². The molecular formula is C16H20N2. The lowest BCUT2D eigenvalue weighted by atomic mass is 9.98. The van der Waals surface area contributed by atoms with Crippen LogP contribution in [0, 0.1) is 0 Å². The van der Waals surface area contributed by atoms with Gasteiger partial charge in [0.2, 0.25) is 0 Å². The highest BCUT2D eigenvalue weighted by Crippen LogP contribution is 2.18. The molecule has 1 N–H and O–H groups in total. The number of likely N-dealkylation sites (N-methyl/N-ethyl adjacent to an activating group) is 1. The van der Waals surface area contributed by atoms with Crippen LogP contribution in [0.4, 0.5) is 0 Å². The van der Waals surface area contributed by atoms with Crippen LogP contribution in [0.25, 0.3) is 0 Å². The van der Waals surface area contributed by atoms with E-state index in [1.165, 1.54) is 16.7 Å². The Morgan fingerprint density at radius 1 is 1.11 bits per heavy atom. The second kappa shape index (κ2) is 6.31. The van der Waals surface area contributed by atoms with Gasteiger partial charge >= 0.3 is 0 Å². The number of hydrogen-bond donors (Lipinski definition) is 1. The van der Waals surface area contributed by atoms with Crippen molar-refractivity contribution in [3.05, 3.63) is 65.5 Å². The van der Waals surface area contributed by atoms with Gasteiger partial charge in [-0.25, -0.2) is 0 Å². The molecule has 1 heterocycles. The maximum absolute atomic E-state index is 4.17. The fourth-order valence-corrected chi connectivity index (χ4v) is 2.13. The summed E-state index contributed by atoms with van der Waals surface area (Å²) in [5.74, 6) is 0. The van der Waals surface area contributed by atoms with E-state index in [1.54, 1.807) is 0 Å². The fourth-order valence-electron chi connectivity index (χ4n) is 2.13. The molecule has 0 spiro atoms. The molecule has 94 valence electrons. The molecule has 0 aliphatic rings. The van der Waals surface area contributed by atoms with Gasteiger partial charge in [-0.1, -0.05) is 37.3 Å². The Labute approximate surface area is 109 Å². The molecule has 0 fully saturated rings. The highest BCUT2D eigenvalue weighted by molar-refractivity contribution is 5.26. The van der Waals surface area contributed by atoms with Crippen molar-refractivity contribution in [3.63, 3.8) is 0 Å². The van der Waals surface area contributed by atoms with Gasteiger partial charge in [-0.05, 0) is 42.6 Å². The Bertz CT molecular complexity index is 462. The van der Waals surface area contributed by atoms with Gasteiger partial charge in [-0.3, -0.25) is 4.98 Å². The summed E-state index contributed by atoms with van der Waals surface area (Å²) in [6, 6.07) is 13.3. The van der Waals surface area contributed by atoms with Crippen LogP contribution >= 0.6 is 0 Å². The van der Waals surface area contributed by atoms with Crippen LogP contribution in [-0.2, 0) is 12.8 Å². The molecule has 0 radical (unpaired) electrons. The van der Waals surface area contributed by atoms with E-state index in [1.807, 2.05) is 25.5 Å². The van der Waals surface area contributed by atoms with Crippen LogP contribution in [0.2, 0.25) is 0 Å². The number of benzene rings is 1. The van der Waals surface area contributed by atoms with Gasteiger partial charge in [0.25, 0.3) is 0 Å². The minimum atomic E-state index is 0.347. The van der Waals surface area contributed by atoms with E-state index in [4.69, 9.17) is 0 Å². The first-order valence-corrected chi connectivity index (χ1v) is 6.48. The number of rotatable bonds is 5. The Kier molecular flexibility index (Phi) is 4.48. The van der Waals surface area contributed by atoms with Gasteiger partial charge in [-0.15, -0.1) is 0 Å². The molecule has 0 bridgehead atoms. The summed E-state index contributed by atoms with van der Waals surface area (Å²) in [6.07, 6.45) is 5.81. The minimum Gasteiger partial charge on any atom is -0.313 e. The predicted octanol–water partition coefficient (Wildman–Crippen LogP) is 3.15. The third-order valence-electron chi connectivity index (χ3n) is 3.30. The van der Waals surface area contributed by atoms with Gasteiger partial charge in [0.15, 0.2) is 0 Å². The second-order valence-corrected chi connectivity index (χ2v) is 4.50. The number of aryl methyl sites for hydroxylation is 1. The van der Waals surface area contributed by atoms with Crippen LogP contribution < -0.4 is 5.32 Å². The van der Waals surface area contributed by atoms with Crippen LogP contribution in [0.5, 0.6) is 0 Å². The summed E-state index contributed by atoms with van der Waals surface area (Å²) >= 11 is 0. The number of pyridine rings is 1. The summed E-state index contributed by atoms with van der Waals surface area (Å²) in [4.78, 5) is 4.17. The molecule has 1 atom stereocenters. The average molecular weight is 240 g/mol. The van der Waals surface area contributed by atoms with Crippen LogP contribution in [-0.4, -0.2) is 12.0 Å². The lowest BCUT2D eigenvalue weighted by Crippen LogP contribution is -2.18. The molecular weight excluding hydrogens is 220 g/mol. The number of nitrogens with zero attached hydrogens (tertiary/aromatic N) is 1. The normalized spacial score (nSPS) is 12.3. The summed E-state index contributed by atoms with van der Waals surface area (Å²) in [5.41, 5.74) is 3.98. The van der Waals surface area contributed by atoms with Crippen molar-refractivity contribution in [2.75, 3.05) is 7.05 Å². The van der Waals surface area contributed by atoms with Crippen molar-refractivity contribution in [2.45, 2.75) is 25.8 Å². The monoisotopic (exact) mass is 240 g/mol. The van der Waals surface area contributed by atoms with E-state index < -0.39 is 0 Å². The zero-order valence-corrected chi connectivity index (χ0v) is 11.1. The van der Waals surface area contributed by atoms with Gasteiger partial charge in [0.05, 0.1) is 0 Å². The molecule has 0 saturated carbocycles. The third-order valence-corrected chi connectivity index (χ3v) is 3.30. The Hall–Kier alpha value is -1.67. The summed E-state index contributed by atoms with van der Waals surface area (Å²) in [7, 11) is 2.01. The molecule has 1 unspecified atom stereocenters. The van der Waals surface area contributed by atoms with Crippen molar-refractivity contribution >= 4 is 0 Å². The van der Waals surface area contributed by atoms with Crippen LogP contribution in [0.3, 0.4) is 0 Å². The first-order valence-electron chi connectivity index (χ1n) is 6.48. The average Bonchev–Trinajstić information content (AvgIpc) is 2.46. The van der Waals surface area contributed by atoms with Crippen molar-refractivity contribution < 1.29 is 0 Å². The third kappa shape index (κ3) is 3.17. The highest BCUT2D eigenvalue weighted by Gasteiger charge is 2.09. The topological polar surface area (TPSA) is 24.9 Å². The van der Waals surface area contributed by atoms with E-state index in [2.05, 4.69) is 47.6 Å². The quantitative estimate of drug-likeness (QED) is 0.868. The summed E-state index contributed by atoms with van der Waals surface area (Å²) < 4.78 is 0. The molecule has 0 aliphatic heterocycles. The van der Waals surface area contributed by atoms with E-state index in [0.29, 0.717) is 6.04 Å². The van der Waals surface area contributed by atoms with Crippen molar-refractivity contribution in [3.8, 4) is 0 Å². The summed E-state index contributed by atoms with van der Waals surface area (Å²) in [6.45, 7) is 2.18. The van der Waals surface area contributed by atoms with Gasteiger partial charge < -0.3 is 5.32 Å². The van der Waals surface area contributed by atoms with Crippen molar-refractivity contribution in [2.24, 2.45) is 0 Å². The number of nitrogens with one attached hydrogen (secondary N) is 1. The van der Waals surface area contributed by atoms with Gasteiger partial charge in [0, 0.05) is 18.4 Å². The molecule has 1 aromatic heterocycles. The molecule has 18 heavy (non-hydrogen) atoms. The minimum absolute atomic E-state index is 0.347. The molecule has 2 aromatic rings. The van der Waals surface area contributed by atoms with Crippen LogP contribution in [0.15, 0.2) is 48.8 Å². The molecule has 2 nitrogen and oxygen atoms in total. The second-order valence-electron chi connectivity index (χ2n) is 4.50. The van der Waals surface area contributed by atoms with Crippen molar-refractivity contribution in [1.29, 1.82) is 0 Å². The van der Waals surface area contributed by atoms with Gasteiger partial charge in [-0.2, -0.15) is 0 Å². The first-order chi connectivity index (χ1) is 8.83. The zero-order chi connectivity index (χ0) is 12.8. The zero-order valence-electron chi connectivity index (χ0n) is 11.1. The SMILES string of the molecule is CCc1ccc(C(Cc2cccnc2)NC)cc1. The number of hydrogen-bond acceptors (Lipinski definition) is 2. The lowest BCUT2D eigenvalue weighted by Gasteiger charge is -2.17. The Morgan fingerprint density at radius 3 is 2.44 bits per heavy atom. The molecule has 0 saturated heterocycles. The van der Waals surface area contributed by atoms with Gasteiger partial charge in [0.1, 0.15) is 0 Å². The van der Waals surface area contributed by atoms with Crippen molar-refractivity contribution in [1.82, 2.24) is 10.3 Å². The van der Waals surface area contributed by atoms with Crippen LogP contribution in [0.1, 0.15) is 29.7 Å². The Balaban J connectivity index is 2.12. The molecule has 1 aromatic carbocycles. The fraction of sp³-hybridized carbons (Fsp3) is 0.312. The smallest absolute Gasteiger partial charge is 0.0358 e.